The number of esters is 1. The molecule has 2 fully saturated rings. The summed E-state index contributed by atoms with van der Waals surface area (Å²) in [7, 11) is 1.37. The summed E-state index contributed by atoms with van der Waals surface area (Å²) in [5, 5.41) is 10.4. The Labute approximate surface area is 173 Å². The first-order valence-corrected chi connectivity index (χ1v) is 10.9. The molecular weight excluding hydrogens is 366 g/mol. The van der Waals surface area contributed by atoms with E-state index in [1.165, 1.54) is 39.2 Å². The second-order valence-corrected chi connectivity index (χ2v) is 8.32. The van der Waals surface area contributed by atoms with Crippen molar-refractivity contribution in [3.05, 3.63) is 47.5 Å². The van der Waals surface area contributed by atoms with Crippen molar-refractivity contribution in [3.8, 4) is 0 Å². The van der Waals surface area contributed by atoms with E-state index in [0.717, 1.165) is 24.8 Å². The fraction of sp³-hybridized carbons (Fsp3) is 0.583. The summed E-state index contributed by atoms with van der Waals surface area (Å²) in [6.45, 7) is 0.643. The Kier molecular flexibility index (Phi) is 7.87. The number of carbonyl (C=O) groups excluding carboxylic acids is 2. The van der Waals surface area contributed by atoms with Crippen LogP contribution in [0.15, 0.2) is 36.4 Å². The predicted molar refractivity (Wildman–Crippen MR) is 113 cm³/mol. The molecule has 5 heteroatoms. The highest BCUT2D eigenvalue weighted by Crippen LogP contribution is 2.28. The second-order valence-electron chi connectivity index (χ2n) is 8.32. The summed E-state index contributed by atoms with van der Waals surface area (Å²) >= 11 is 0. The molecule has 29 heavy (non-hydrogen) atoms. The van der Waals surface area contributed by atoms with Crippen molar-refractivity contribution in [1.82, 2.24) is 4.90 Å². The van der Waals surface area contributed by atoms with Gasteiger partial charge in [0.15, 0.2) is 0 Å². The lowest BCUT2D eigenvalue weighted by Gasteiger charge is -2.24. The number of hydrogen-bond donors (Lipinski definition) is 1. The van der Waals surface area contributed by atoms with Crippen molar-refractivity contribution in [2.75, 3.05) is 13.7 Å². The van der Waals surface area contributed by atoms with E-state index in [4.69, 9.17) is 4.74 Å². The summed E-state index contributed by atoms with van der Waals surface area (Å²) in [5.74, 6) is 0.466. The molecule has 1 saturated carbocycles. The summed E-state index contributed by atoms with van der Waals surface area (Å²) in [6, 6.07) is 7.40. The summed E-state index contributed by atoms with van der Waals surface area (Å²) < 4.78 is 4.72. The monoisotopic (exact) mass is 399 g/mol. The molecule has 0 spiro atoms. The van der Waals surface area contributed by atoms with Crippen LogP contribution in [0.3, 0.4) is 0 Å². The third-order valence-corrected chi connectivity index (χ3v) is 6.25. The van der Waals surface area contributed by atoms with E-state index in [9.17, 15) is 14.7 Å². The topological polar surface area (TPSA) is 66.8 Å². The van der Waals surface area contributed by atoms with Crippen molar-refractivity contribution >= 4 is 11.9 Å². The van der Waals surface area contributed by atoms with Gasteiger partial charge in [-0.25, -0.2) is 4.79 Å². The zero-order chi connectivity index (χ0) is 20.6. The van der Waals surface area contributed by atoms with Crippen LogP contribution in [0.1, 0.15) is 67.3 Å². The van der Waals surface area contributed by atoms with Gasteiger partial charge in [0.1, 0.15) is 0 Å². The average molecular weight is 400 g/mol. The van der Waals surface area contributed by atoms with Crippen molar-refractivity contribution in [2.24, 2.45) is 5.92 Å². The quantitative estimate of drug-likeness (QED) is 0.532. The maximum atomic E-state index is 12.3. The standard InChI is InChI=1S/C24H33NO4/c1-29-24(28)20-9-7-18(8-10-20)15-16-25-21(12-14-23(25)27)11-13-22(26)17-19-5-3-2-4-6-19/h7-11,13,19,21-22,26H,2-6,12,14-17H2,1H3/t21-,22+/m0/s1. The average Bonchev–Trinajstić information content (AvgIpc) is 3.10. The highest BCUT2D eigenvalue weighted by atomic mass is 16.5. The van der Waals surface area contributed by atoms with Crippen molar-refractivity contribution < 1.29 is 19.4 Å². The maximum Gasteiger partial charge on any atom is 0.337 e. The molecular formula is C24H33NO4. The Morgan fingerprint density at radius 1 is 1.21 bits per heavy atom. The van der Waals surface area contributed by atoms with Crippen molar-refractivity contribution in [2.45, 2.75) is 69.9 Å². The van der Waals surface area contributed by atoms with Crippen molar-refractivity contribution in [1.29, 1.82) is 0 Å². The first-order valence-electron chi connectivity index (χ1n) is 10.9. The number of hydrogen-bond acceptors (Lipinski definition) is 4. The molecule has 0 unspecified atom stereocenters. The molecule has 1 amide bonds. The van der Waals surface area contributed by atoms with Crippen LogP contribution in [-0.2, 0) is 16.0 Å². The van der Waals surface area contributed by atoms with Gasteiger partial charge in [0.25, 0.3) is 0 Å². The van der Waals surface area contributed by atoms with Crippen LogP contribution in [0.25, 0.3) is 0 Å². The first kappa shape index (κ1) is 21.6. The molecule has 158 valence electrons. The van der Waals surface area contributed by atoms with Gasteiger partial charge < -0.3 is 14.7 Å². The number of amides is 1. The van der Waals surface area contributed by atoms with Gasteiger partial charge in [-0.05, 0) is 42.9 Å². The lowest BCUT2D eigenvalue weighted by Crippen LogP contribution is -2.33. The Hall–Kier alpha value is -2.14. The molecule has 0 radical (unpaired) electrons. The van der Waals surface area contributed by atoms with Gasteiger partial charge in [-0.2, -0.15) is 0 Å². The van der Waals surface area contributed by atoms with Gasteiger partial charge in [-0.1, -0.05) is 56.4 Å². The number of aliphatic hydroxyl groups is 1. The normalized spacial score (nSPS) is 21.7. The zero-order valence-corrected chi connectivity index (χ0v) is 17.4. The number of nitrogens with zero attached hydrogens (tertiary/aromatic N) is 1. The number of ether oxygens (including phenoxy) is 1. The smallest absolute Gasteiger partial charge is 0.337 e. The largest absolute Gasteiger partial charge is 0.465 e. The van der Waals surface area contributed by atoms with E-state index < -0.39 is 6.10 Å². The van der Waals surface area contributed by atoms with E-state index in [2.05, 4.69) is 0 Å². The molecule has 1 aromatic rings. The van der Waals surface area contributed by atoms with E-state index in [0.29, 0.717) is 24.4 Å². The second kappa shape index (κ2) is 10.6. The molecule has 1 N–H and O–H groups in total. The van der Waals surface area contributed by atoms with E-state index in [1.54, 1.807) is 12.1 Å². The summed E-state index contributed by atoms with van der Waals surface area (Å²) in [5.41, 5.74) is 1.61. The predicted octanol–water partition coefficient (Wildman–Crippen LogP) is 3.89. The molecule has 1 aliphatic heterocycles. The Bertz CT molecular complexity index is 706. The van der Waals surface area contributed by atoms with Gasteiger partial charge in [0, 0.05) is 13.0 Å². The van der Waals surface area contributed by atoms with Crippen LogP contribution in [-0.4, -0.2) is 47.7 Å². The molecule has 1 aliphatic carbocycles. The number of carbonyl (C=O) groups is 2. The molecule has 3 rings (SSSR count). The number of methoxy groups -OCH3 is 1. The minimum Gasteiger partial charge on any atom is -0.465 e. The Morgan fingerprint density at radius 2 is 1.93 bits per heavy atom. The molecule has 1 heterocycles. The first-order chi connectivity index (χ1) is 14.1. The van der Waals surface area contributed by atoms with E-state index >= 15 is 0 Å². The maximum absolute atomic E-state index is 12.3. The van der Waals surface area contributed by atoms with Crippen molar-refractivity contribution in [3.63, 3.8) is 0 Å². The van der Waals surface area contributed by atoms with Crippen LogP contribution in [0, 0.1) is 5.92 Å². The third-order valence-electron chi connectivity index (χ3n) is 6.25. The van der Waals surface area contributed by atoms with Crippen LogP contribution >= 0.6 is 0 Å². The zero-order valence-electron chi connectivity index (χ0n) is 17.4. The summed E-state index contributed by atoms with van der Waals surface area (Å²) in [4.78, 5) is 25.8. The molecule has 0 bridgehead atoms. The van der Waals surface area contributed by atoms with Gasteiger partial charge in [-0.15, -0.1) is 0 Å². The van der Waals surface area contributed by atoms with Gasteiger partial charge in [0.05, 0.1) is 24.8 Å². The summed E-state index contributed by atoms with van der Waals surface area (Å²) in [6.07, 6.45) is 12.8. The minimum absolute atomic E-state index is 0.0675. The fourth-order valence-corrected chi connectivity index (χ4v) is 4.52. The number of aliphatic hydroxyl groups excluding tert-OH is 1. The molecule has 2 aliphatic rings. The number of rotatable bonds is 8. The fourth-order valence-electron chi connectivity index (χ4n) is 4.52. The van der Waals surface area contributed by atoms with E-state index in [1.807, 2.05) is 29.2 Å². The van der Waals surface area contributed by atoms with E-state index in [-0.39, 0.29) is 17.9 Å². The molecule has 1 aromatic carbocycles. The van der Waals surface area contributed by atoms with Gasteiger partial charge in [-0.3, -0.25) is 4.79 Å². The lowest BCUT2D eigenvalue weighted by atomic mass is 9.85. The highest BCUT2D eigenvalue weighted by molar-refractivity contribution is 5.89. The SMILES string of the molecule is COC(=O)c1ccc(CCN2C(=O)CC[C@@H]2C=C[C@@H](O)CC2CCCCC2)cc1. The highest BCUT2D eigenvalue weighted by Gasteiger charge is 2.28. The number of benzene rings is 1. The van der Waals surface area contributed by atoms with Crippen LogP contribution in [0.2, 0.25) is 0 Å². The van der Waals surface area contributed by atoms with Crippen LogP contribution < -0.4 is 0 Å². The Morgan fingerprint density at radius 3 is 2.62 bits per heavy atom. The van der Waals surface area contributed by atoms with Crippen LogP contribution in [0.5, 0.6) is 0 Å². The molecule has 1 saturated heterocycles. The number of likely N-dealkylation sites (tertiary alicyclic amines) is 1. The Balaban J connectivity index is 1.51. The third kappa shape index (κ3) is 6.17. The molecule has 2 atom stereocenters. The molecule has 0 aromatic heterocycles. The minimum atomic E-state index is -0.415. The van der Waals surface area contributed by atoms with Crippen LogP contribution in [0.4, 0.5) is 0 Å². The molecule has 5 nitrogen and oxygen atoms in total. The van der Waals surface area contributed by atoms with Gasteiger partial charge >= 0.3 is 5.97 Å². The van der Waals surface area contributed by atoms with Gasteiger partial charge in [0.2, 0.25) is 5.91 Å². The lowest BCUT2D eigenvalue weighted by molar-refractivity contribution is -0.128.